The third-order valence-corrected chi connectivity index (χ3v) is 8.04. The largest absolute Gasteiger partial charge is 0.306 e. The lowest BCUT2D eigenvalue weighted by Gasteiger charge is -2.20. The quantitative estimate of drug-likeness (QED) is 0.797. The molecule has 4 nitrogen and oxygen atoms in total. The maximum absolute atomic E-state index is 12.4. The second-order valence-electron chi connectivity index (χ2n) is 4.89. The van der Waals surface area contributed by atoms with Gasteiger partial charge >= 0.3 is 0 Å². The average molecular weight is 388 g/mol. The molecular formula is C11H16BrClN2O2S2. The molecular weight excluding hydrogens is 372 g/mol. The molecule has 8 heteroatoms. The van der Waals surface area contributed by atoms with Crippen LogP contribution in [0.5, 0.6) is 0 Å². The van der Waals surface area contributed by atoms with Gasteiger partial charge in [0.05, 0.1) is 8.81 Å². The van der Waals surface area contributed by atoms with E-state index in [-0.39, 0.29) is 0 Å². The Hall–Kier alpha value is 0.340. The van der Waals surface area contributed by atoms with E-state index in [1.807, 2.05) is 0 Å². The average Bonchev–Trinajstić information content (AvgIpc) is 2.87. The number of nitrogens with zero attached hydrogens (tertiary/aromatic N) is 2. The molecule has 2 heterocycles. The minimum Gasteiger partial charge on any atom is -0.306 e. The van der Waals surface area contributed by atoms with E-state index in [0.29, 0.717) is 25.5 Å². The molecule has 0 radical (unpaired) electrons. The Labute approximate surface area is 131 Å². The third-order valence-electron chi connectivity index (χ3n) is 3.29. The third kappa shape index (κ3) is 3.51. The molecule has 0 saturated carbocycles. The summed E-state index contributed by atoms with van der Waals surface area (Å²) in [6.45, 7) is 2.55. The standard InChI is InChI=1S/C11H16BrClN2O2S2/c1-14-4-3-8(6-14)7-15(2)19(16,17)10-5-9(13)11(12)18-10/h5,8H,3-4,6-7H2,1-2H3. The molecule has 1 fully saturated rings. The maximum atomic E-state index is 12.4. The van der Waals surface area contributed by atoms with Gasteiger partial charge in [-0.1, -0.05) is 11.6 Å². The van der Waals surface area contributed by atoms with E-state index in [1.54, 1.807) is 7.05 Å². The molecule has 1 aliphatic rings. The minimum absolute atomic E-state index is 0.290. The molecule has 0 N–H and O–H groups in total. The van der Waals surface area contributed by atoms with Crippen LogP contribution in [0.1, 0.15) is 6.42 Å². The minimum atomic E-state index is -3.43. The molecule has 0 amide bonds. The van der Waals surface area contributed by atoms with Gasteiger partial charge in [0.15, 0.2) is 0 Å². The van der Waals surface area contributed by atoms with Gasteiger partial charge in [-0.3, -0.25) is 0 Å². The lowest BCUT2D eigenvalue weighted by Crippen LogP contribution is -2.32. The highest BCUT2D eigenvalue weighted by molar-refractivity contribution is 9.11. The molecule has 1 aromatic heterocycles. The summed E-state index contributed by atoms with van der Waals surface area (Å²) >= 11 is 10.3. The van der Waals surface area contributed by atoms with Gasteiger partial charge in [-0.2, -0.15) is 4.31 Å². The molecule has 108 valence electrons. The summed E-state index contributed by atoms with van der Waals surface area (Å²) in [6.07, 6.45) is 1.05. The number of sulfonamides is 1. The van der Waals surface area contributed by atoms with Crippen LogP contribution in [0.15, 0.2) is 14.1 Å². The van der Waals surface area contributed by atoms with E-state index in [4.69, 9.17) is 11.6 Å². The van der Waals surface area contributed by atoms with Crippen LogP contribution < -0.4 is 0 Å². The first-order valence-corrected chi connectivity index (χ1v) is 9.33. The van der Waals surface area contributed by atoms with Gasteiger partial charge in [-0.05, 0) is 47.9 Å². The van der Waals surface area contributed by atoms with Crippen molar-refractivity contribution in [3.63, 3.8) is 0 Å². The summed E-state index contributed by atoms with van der Waals surface area (Å²) in [7, 11) is 0.268. The highest BCUT2D eigenvalue weighted by Crippen LogP contribution is 2.36. The molecule has 1 aromatic rings. The van der Waals surface area contributed by atoms with Gasteiger partial charge in [-0.15, -0.1) is 11.3 Å². The predicted molar refractivity (Wildman–Crippen MR) is 82.4 cm³/mol. The number of likely N-dealkylation sites (tertiary alicyclic amines) is 1. The van der Waals surface area contributed by atoms with Crippen molar-refractivity contribution >= 4 is 48.9 Å². The van der Waals surface area contributed by atoms with Crippen LogP contribution in [-0.4, -0.2) is 51.4 Å². The summed E-state index contributed by atoms with van der Waals surface area (Å²) in [6, 6.07) is 1.50. The monoisotopic (exact) mass is 386 g/mol. The lowest BCUT2D eigenvalue weighted by molar-refractivity contribution is 0.357. The second kappa shape index (κ2) is 5.99. The van der Waals surface area contributed by atoms with E-state index >= 15 is 0 Å². The van der Waals surface area contributed by atoms with Gasteiger partial charge < -0.3 is 4.90 Å². The molecule has 0 bridgehead atoms. The van der Waals surface area contributed by atoms with Crippen LogP contribution in [0, 0.1) is 5.92 Å². The van der Waals surface area contributed by atoms with Crippen molar-refractivity contribution in [3.8, 4) is 0 Å². The van der Waals surface area contributed by atoms with E-state index in [1.165, 1.54) is 10.4 Å². The van der Waals surface area contributed by atoms with E-state index in [9.17, 15) is 8.42 Å². The smallest absolute Gasteiger partial charge is 0.252 e. The summed E-state index contributed by atoms with van der Waals surface area (Å²) in [5.41, 5.74) is 0. The van der Waals surface area contributed by atoms with Crippen LogP contribution >= 0.6 is 38.9 Å². The van der Waals surface area contributed by atoms with Gasteiger partial charge in [0, 0.05) is 20.1 Å². The molecule has 0 spiro atoms. The Bertz CT molecular complexity index is 542. The van der Waals surface area contributed by atoms with Crippen molar-refractivity contribution in [2.75, 3.05) is 33.7 Å². The predicted octanol–water partition coefficient (Wildman–Crippen LogP) is 2.74. The first kappa shape index (κ1) is 15.7. The summed E-state index contributed by atoms with van der Waals surface area (Å²) < 4.78 is 27.2. The zero-order valence-electron chi connectivity index (χ0n) is 10.8. The SMILES string of the molecule is CN1CCC(CN(C)S(=O)(=O)c2cc(Cl)c(Br)s2)C1. The fraction of sp³-hybridized carbons (Fsp3) is 0.636. The summed E-state index contributed by atoms with van der Waals surface area (Å²) in [5.74, 6) is 0.406. The van der Waals surface area contributed by atoms with Crippen molar-refractivity contribution in [1.29, 1.82) is 0 Å². The maximum Gasteiger partial charge on any atom is 0.252 e. The Morgan fingerprint density at radius 3 is 2.79 bits per heavy atom. The topological polar surface area (TPSA) is 40.6 Å². The molecule has 2 rings (SSSR count). The molecule has 1 saturated heterocycles. The second-order valence-corrected chi connectivity index (χ2v) is 9.94. The highest BCUT2D eigenvalue weighted by atomic mass is 79.9. The van der Waals surface area contributed by atoms with Crippen LogP contribution in [0.3, 0.4) is 0 Å². The van der Waals surface area contributed by atoms with E-state index in [2.05, 4.69) is 27.9 Å². The number of hydrogen-bond donors (Lipinski definition) is 0. The Balaban J connectivity index is 2.11. The lowest BCUT2D eigenvalue weighted by atomic mass is 10.1. The van der Waals surface area contributed by atoms with Crippen LogP contribution in [-0.2, 0) is 10.0 Å². The van der Waals surface area contributed by atoms with Gasteiger partial charge in [0.1, 0.15) is 4.21 Å². The fourth-order valence-electron chi connectivity index (χ4n) is 2.24. The molecule has 1 aliphatic heterocycles. The summed E-state index contributed by atoms with van der Waals surface area (Å²) in [4.78, 5) is 2.23. The molecule has 19 heavy (non-hydrogen) atoms. The number of hydrogen-bond acceptors (Lipinski definition) is 4. The molecule has 0 aromatic carbocycles. The van der Waals surface area contributed by atoms with Crippen LogP contribution in [0.25, 0.3) is 0 Å². The first-order valence-electron chi connectivity index (χ1n) is 5.90. The van der Waals surface area contributed by atoms with Crippen molar-refractivity contribution in [1.82, 2.24) is 9.21 Å². The van der Waals surface area contributed by atoms with Gasteiger partial charge in [0.2, 0.25) is 0 Å². The first-order chi connectivity index (χ1) is 8.80. The number of rotatable bonds is 4. The van der Waals surface area contributed by atoms with Gasteiger partial charge in [-0.25, -0.2) is 8.42 Å². The van der Waals surface area contributed by atoms with Crippen molar-refractivity contribution < 1.29 is 8.42 Å². The zero-order chi connectivity index (χ0) is 14.2. The van der Waals surface area contributed by atoms with E-state index < -0.39 is 10.0 Å². The molecule has 1 unspecified atom stereocenters. The normalized spacial score (nSPS) is 21.4. The zero-order valence-corrected chi connectivity index (χ0v) is 14.7. The Kier molecular flexibility index (Phi) is 4.96. The van der Waals surface area contributed by atoms with Crippen molar-refractivity contribution in [2.24, 2.45) is 5.92 Å². The van der Waals surface area contributed by atoms with Crippen molar-refractivity contribution in [2.45, 2.75) is 10.6 Å². The molecule has 1 atom stereocenters. The van der Waals surface area contributed by atoms with E-state index in [0.717, 1.165) is 30.8 Å². The summed E-state index contributed by atoms with van der Waals surface area (Å²) in [5, 5.41) is 0.442. The Morgan fingerprint density at radius 1 is 1.63 bits per heavy atom. The highest BCUT2D eigenvalue weighted by Gasteiger charge is 2.28. The van der Waals surface area contributed by atoms with Crippen LogP contribution in [0.2, 0.25) is 5.02 Å². The molecule has 0 aliphatic carbocycles. The van der Waals surface area contributed by atoms with Gasteiger partial charge in [0.25, 0.3) is 10.0 Å². The fourth-order valence-corrected chi connectivity index (χ4v) is 6.10. The van der Waals surface area contributed by atoms with Crippen LogP contribution in [0.4, 0.5) is 0 Å². The van der Waals surface area contributed by atoms with Crippen molar-refractivity contribution in [3.05, 3.63) is 14.9 Å². The number of thiophene rings is 1. The number of halogens is 2. The Morgan fingerprint density at radius 2 is 2.32 bits per heavy atom.